The van der Waals surface area contributed by atoms with E-state index in [4.69, 9.17) is 16.0 Å². The van der Waals surface area contributed by atoms with E-state index >= 15 is 0 Å². The SMILES string of the molecule is CC(C)[C@@H](N)C(=O)C(N)CCS(=O)(=O)O. The monoisotopic (exact) mass is 238 g/mol. The summed E-state index contributed by atoms with van der Waals surface area (Å²) in [7, 11) is -4.07. The second kappa shape index (κ2) is 5.55. The van der Waals surface area contributed by atoms with Gasteiger partial charge in [-0.3, -0.25) is 9.35 Å². The van der Waals surface area contributed by atoms with Gasteiger partial charge < -0.3 is 11.5 Å². The zero-order chi connectivity index (χ0) is 12.2. The summed E-state index contributed by atoms with van der Waals surface area (Å²) in [6, 6.07) is -1.63. The largest absolute Gasteiger partial charge is 0.321 e. The van der Waals surface area contributed by atoms with E-state index in [2.05, 4.69) is 0 Å². The molecule has 2 atom stereocenters. The Morgan fingerprint density at radius 2 is 1.80 bits per heavy atom. The smallest absolute Gasteiger partial charge is 0.264 e. The van der Waals surface area contributed by atoms with Gasteiger partial charge in [-0.25, -0.2) is 0 Å². The van der Waals surface area contributed by atoms with Crippen molar-refractivity contribution >= 4 is 15.9 Å². The molecule has 0 bridgehead atoms. The topological polar surface area (TPSA) is 123 Å². The summed E-state index contributed by atoms with van der Waals surface area (Å²) in [5.74, 6) is -0.951. The van der Waals surface area contributed by atoms with Gasteiger partial charge in [-0.05, 0) is 12.3 Å². The molecule has 0 aliphatic rings. The van der Waals surface area contributed by atoms with E-state index in [0.29, 0.717) is 0 Å². The minimum atomic E-state index is -4.07. The van der Waals surface area contributed by atoms with E-state index in [1.807, 2.05) is 0 Å². The summed E-state index contributed by atoms with van der Waals surface area (Å²) < 4.78 is 29.3. The van der Waals surface area contributed by atoms with Crippen molar-refractivity contribution in [2.45, 2.75) is 32.4 Å². The van der Waals surface area contributed by atoms with Crippen LogP contribution in [0.25, 0.3) is 0 Å². The molecule has 5 N–H and O–H groups in total. The maximum Gasteiger partial charge on any atom is 0.264 e. The molecule has 0 saturated carbocycles. The summed E-state index contributed by atoms with van der Waals surface area (Å²) >= 11 is 0. The van der Waals surface area contributed by atoms with Gasteiger partial charge in [-0.2, -0.15) is 8.42 Å². The van der Waals surface area contributed by atoms with Crippen molar-refractivity contribution in [1.82, 2.24) is 0 Å². The molecule has 0 aromatic heterocycles. The molecule has 0 amide bonds. The quantitative estimate of drug-likeness (QED) is 0.517. The first-order valence-corrected chi connectivity index (χ1v) is 6.26. The van der Waals surface area contributed by atoms with Crippen molar-refractivity contribution in [3.8, 4) is 0 Å². The standard InChI is InChI=1S/C8H18N2O4S/c1-5(2)7(10)8(11)6(9)3-4-15(12,13)14/h5-7H,3-4,9-10H2,1-2H3,(H,12,13,14)/t6?,7-/m1/s1. The van der Waals surface area contributed by atoms with E-state index < -0.39 is 28.0 Å². The number of ketones is 1. The van der Waals surface area contributed by atoms with Crippen LogP contribution in [0.2, 0.25) is 0 Å². The minimum Gasteiger partial charge on any atom is -0.321 e. The Hall–Kier alpha value is -0.500. The van der Waals surface area contributed by atoms with E-state index in [9.17, 15) is 13.2 Å². The number of hydrogen-bond donors (Lipinski definition) is 3. The van der Waals surface area contributed by atoms with Crippen LogP contribution in [0.4, 0.5) is 0 Å². The van der Waals surface area contributed by atoms with E-state index in [-0.39, 0.29) is 18.1 Å². The highest BCUT2D eigenvalue weighted by atomic mass is 32.2. The van der Waals surface area contributed by atoms with Crippen LogP contribution in [0.1, 0.15) is 20.3 Å². The lowest BCUT2D eigenvalue weighted by Gasteiger charge is -2.18. The third kappa shape index (κ3) is 5.83. The van der Waals surface area contributed by atoms with E-state index in [0.717, 1.165) is 0 Å². The van der Waals surface area contributed by atoms with Crippen LogP contribution in [0.5, 0.6) is 0 Å². The zero-order valence-corrected chi connectivity index (χ0v) is 9.70. The summed E-state index contributed by atoms with van der Waals surface area (Å²) in [6.45, 7) is 3.55. The van der Waals surface area contributed by atoms with Crippen LogP contribution in [-0.2, 0) is 14.9 Å². The van der Waals surface area contributed by atoms with Gasteiger partial charge in [0.2, 0.25) is 0 Å². The molecule has 7 heteroatoms. The average molecular weight is 238 g/mol. The summed E-state index contributed by atoms with van der Waals surface area (Å²) in [5.41, 5.74) is 11.0. The Morgan fingerprint density at radius 1 is 1.33 bits per heavy atom. The van der Waals surface area contributed by atoms with Gasteiger partial charge in [0.05, 0.1) is 17.8 Å². The molecule has 0 radical (unpaired) electrons. The van der Waals surface area contributed by atoms with E-state index in [1.54, 1.807) is 13.8 Å². The Labute approximate surface area is 89.8 Å². The van der Waals surface area contributed by atoms with Crippen molar-refractivity contribution in [3.05, 3.63) is 0 Å². The van der Waals surface area contributed by atoms with Crippen LogP contribution < -0.4 is 11.5 Å². The van der Waals surface area contributed by atoms with Crippen LogP contribution in [-0.4, -0.2) is 36.6 Å². The molecule has 0 spiro atoms. The number of carbonyl (C=O) groups is 1. The predicted molar refractivity (Wildman–Crippen MR) is 56.8 cm³/mol. The van der Waals surface area contributed by atoms with Gasteiger partial charge in [0.1, 0.15) is 0 Å². The Balaban J connectivity index is 4.23. The van der Waals surface area contributed by atoms with Crippen molar-refractivity contribution in [2.75, 3.05) is 5.75 Å². The van der Waals surface area contributed by atoms with E-state index in [1.165, 1.54) is 0 Å². The second-order valence-corrected chi connectivity index (χ2v) is 5.43. The molecular weight excluding hydrogens is 220 g/mol. The lowest BCUT2D eigenvalue weighted by atomic mass is 9.95. The molecule has 90 valence electrons. The summed E-state index contributed by atoms with van der Waals surface area (Å²) in [4.78, 5) is 11.5. The van der Waals surface area contributed by atoms with Gasteiger partial charge in [0, 0.05) is 0 Å². The number of Topliss-reactive ketones (excluding diaryl/α,β-unsaturated/α-hetero) is 1. The molecule has 15 heavy (non-hydrogen) atoms. The molecule has 0 fully saturated rings. The van der Waals surface area contributed by atoms with Gasteiger partial charge in [0.25, 0.3) is 10.1 Å². The fourth-order valence-corrected chi connectivity index (χ4v) is 1.55. The summed E-state index contributed by atoms with van der Waals surface area (Å²) in [6.07, 6.45) is -0.113. The minimum absolute atomic E-state index is 0.0470. The van der Waals surface area contributed by atoms with Crippen LogP contribution in [0.3, 0.4) is 0 Å². The third-order valence-corrected chi connectivity index (χ3v) is 2.85. The van der Waals surface area contributed by atoms with Gasteiger partial charge in [0.15, 0.2) is 5.78 Å². The Bertz CT molecular complexity index is 313. The Morgan fingerprint density at radius 3 is 2.13 bits per heavy atom. The normalized spacial score (nSPS) is 16.4. The molecule has 0 saturated heterocycles. The number of rotatable bonds is 6. The molecule has 0 heterocycles. The lowest BCUT2D eigenvalue weighted by Crippen LogP contribution is -2.46. The first kappa shape index (κ1) is 14.5. The molecule has 0 aromatic rings. The summed E-state index contributed by atoms with van der Waals surface area (Å²) in [5, 5.41) is 0. The van der Waals surface area contributed by atoms with Gasteiger partial charge >= 0.3 is 0 Å². The van der Waals surface area contributed by atoms with Crippen LogP contribution >= 0.6 is 0 Å². The Kier molecular flexibility index (Phi) is 5.36. The van der Waals surface area contributed by atoms with Crippen LogP contribution in [0, 0.1) is 5.92 Å². The molecule has 0 aliphatic heterocycles. The first-order chi connectivity index (χ1) is 6.65. The highest BCUT2D eigenvalue weighted by Crippen LogP contribution is 2.04. The van der Waals surface area contributed by atoms with Crippen molar-refractivity contribution in [2.24, 2.45) is 17.4 Å². The first-order valence-electron chi connectivity index (χ1n) is 4.65. The van der Waals surface area contributed by atoms with Crippen molar-refractivity contribution in [1.29, 1.82) is 0 Å². The predicted octanol–water partition coefficient (Wildman–Crippen LogP) is -0.856. The third-order valence-electron chi connectivity index (χ3n) is 2.10. The molecule has 0 rings (SSSR count). The average Bonchev–Trinajstić information content (AvgIpc) is 2.10. The number of hydrogen-bond acceptors (Lipinski definition) is 5. The maximum atomic E-state index is 11.5. The molecule has 0 aliphatic carbocycles. The maximum absolute atomic E-state index is 11.5. The molecular formula is C8H18N2O4S. The van der Waals surface area contributed by atoms with Gasteiger partial charge in [-0.15, -0.1) is 0 Å². The number of carbonyl (C=O) groups excluding carboxylic acids is 1. The van der Waals surface area contributed by atoms with Gasteiger partial charge in [-0.1, -0.05) is 13.8 Å². The number of nitrogens with two attached hydrogens (primary N) is 2. The van der Waals surface area contributed by atoms with Crippen molar-refractivity contribution in [3.63, 3.8) is 0 Å². The fraction of sp³-hybridized carbons (Fsp3) is 0.875. The fourth-order valence-electron chi connectivity index (χ4n) is 0.994. The molecule has 6 nitrogen and oxygen atoms in total. The van der Waals surface area contributed by atoms with Crippen molar-refractivity contribution < 1.29 is 17.8 Å². The molecule has 1 unspecified atom stereocenters. The highest BCUT2D eigenvalue weighted by molar-refractivity contribution is 7.85. The molecule has 0 aromatic carbocycles. The second-order valence-electron chi connectivity index (χ2n) is 3.85. The zero-order valence-electron chi connectivity index (χ0n) is 8.88. The van der Waals surface area contributed by atoms with Crippen LogP contribution in [0.15, 0.2) is 0 Å². The highest BCUT2D eigenvalue weighted by Gasteiger charge is 2.24. The lowest BCUT2D eigenvalue weighted by molar-refractivity contribution is -0.122.